The Morgan fingerprint density at radius 3 is 2.67 bits per heavy atom. The van der Waals surface area contributed by atoms with Crippen molar-refractivity contribution in [2.75, 3.05) is 40.4 Å². The fourth-order valence-corrected chi connectivity index (χ4v) is 3.35. The average Bonchev–Trinajstić information content (AvgIpc) is 2.74. The van der Waals surface area contributed by atoms with Crippen LogP contribution in [0.2, 0.25) is 0 Å². The number of nitrogens with one attached hydrogen (secondary N) is 1. The van der Waals surface area contributed by atoms with Crippen molar-refractivity contribution in [3.8, 4) is 11.5 Å². The lowest BCUT2D eigenvalue weighted by Gasteiger charge is -2.23. The molecule has 1 unspecified atom stereocenters. The number of likely N-dealkylation sites (N-methyl/N-ethyl adjacent to an activating group) is 1. The van der Waals surface area contributed by atoms with Crippen LogP contribution in [0.15, 0.2) is 48.5 Å². The molecule has 5 heteroatoms. The molecular formula is C22H28N2O3. The van der Waals surface area contributed by atoms with Gasteiger partial charge in [-0.2, -0.15) is 0 Å². The minimum Gasteiger partial charge on any atom is -0.497 e. The quantitative estimate of drug-likeness (QED) is 0.815. The summed E-state index contributed by atoms with van der Waals surface area (Å²) in [6, 6.07) is 15.5. The lowest BCUT2D eigenvalue weighted by molar-refractivity contribution is 0.0773. The van der Waals surface area contributed by atoms with Crippen molar-refractivity contribution in [3.63, 3.8) is 0 Å². The topological polar surface area (TPSA) is 50.8 Å². The van der Waals surface area contributed by atoms with E-state index in [1.165, 1.54) is 18.4 Å². The van der Waals surface area contributed by atoms with Crippen molar-refractivity contribution < 1.29 is 14.3 Å². The molecular weight excluding hydrogens is 340 g/mol. The first-order valence-corrected chi connectivity index (χ1v) is 9.50. The zero-order valence-corrected chi connectivity index (χ0v) is 16.1. The predicted octanol–water partition coefficient (Wildman–Crippen LogP) is 3.31. The number of nitrogens with zero attached hydrogens (tertiary/aromatic N) is 1. The van der Waals surface area contributed by atoms with Crippen LogP contribution < -0.4 is 14.8 Å². The Balaban J connectivity index is 1.50. The molecule has 0 spiro atoms. The summed E-state index contributed by atoms with van der Waals surface area (Å²) in [4.78, 5) is 14.3. The summed E-state index contributed by atoms with van der Waals surface area (Å²) in [6.45, 7) is 3.08. The third-order valence-electron chi connectivity index (χ3n) is 5.01. The summed E-state index contributed by atoms with van der Waals surface area (Å²) >= 11 is 0. The van der Waals surface area contributed by atoms with E-state index in [2.05, 4.69) is 17.4 Å². The van der Waals surface area contributed by atoms with E-state index < -0.39 is 0 Å². The van der Waals surface area contributed by atoms with E-state index in [-0.39, 0.29) is 5.91 Å². The Labute approximate surface area is 161 Å². The number of carbonyl (C=O) groups is 1. The molecule has 1 aliphatic rings. The van der Waals surface area contributed by atoms with Gasteiger partial charge in [0.05, 0.1) is 13.7 Å². The lowest BCUT2D eigenvalue weighted by Crippen LogP contribution is -2.31. The molecule has 144 valence electrons. The van der Waals surface area contributed by atoms with Crippen molar-refractivity contribution >= 4 is 5.91 Å². The number of amides is 1. The normalized spacial score (nSPS) is 16.6. The van der Waals surface area contributed by atoms with Gasteiger partial charge in [-0.05, 0) is 55.1 Å². The van der Waals surface area contributed by atoms with Gasteiger partial charge in [0, 0.05) is 25.2 Å². The fourth-order valence-electron chi connectivity index (χ4n) is 3.35. The van der Waals surface area contributed by atoms with E-state index in [1.807, 2.05) is 36.4 Å². The molecule has 0 aliphatic carbocycles. The SMILES string of the molecule is COc1cccc(OCCN(C)C(=O)c2ccc(C3CCCNC3)cc2)c1. The predicted molar refractivity (Wildman–Crippen MR) is 107 cm³/mol. The highest BCUT2D eigenvalue weighted by molar-refractivity contribution is 5.94. The molecule has 1 saturated heterocycles. The van der Waals surface area contributed by atoms with Gasteiger partial charge in [-0.25, -0.2) is 0 Å². The molecule has 27 heavy (non-hydrogen) atoms. The number of piperidine rings is 1. The van der Waals surface area contributed by atoms with Gasteiger partial charge >= 0.3 is 0 Å². The van der Waals surface area contributed by atoms with Gasteiger partial charge in [0.2, 0.25) is 0 Å². The highest BCUT2D eigenvalue weighted by Gasteiger charge is 2.16. The summed E-state index contributed by atoms with van der Waals surface area (Å²) in [6.07, 6.45) is 2.42. The molecule has 1 amide bonds. The third kappa shape index (κ3) is 5.23. The molecule has 2 aromatic rings. The molecule has 0 radical (unpaired) electrons. The molecule has 1 atom stereocenters. The van der Waals surface area contributed by atoms with Crippen LogP contribution in [0, 0.1) is 0 Å². The number of benzene rings is 2. The van der Waals surface area contributed by atoms with Gasteiger partial charge in [-0.15, -0.1) is 0 Å². The van der Waals surface area contributed by atoms with Gasteiger partial charge in [0.1, 0.15) is 18.1 Å². The Kier molecular flexibility index (Phi) is 6.71. The van der Waals surface area contributed by atoms with Crippen molar-refractivity contribution in [3.05, 3.63) is 59.7 Å². The van der Waals surface area contributed by atoms with E-state index in [0.29, 0.717) is 24.6 Å². The zero-order chi connectivity index (χ0) is 19.1. The van der Waals surface area contributed by atoms with Gasteiger partial charge in [0.15, 0.2) is 0 Å². The van der Waals surface area contributed by atoms with Crippen LogP contribution in [-0.2, 0) is 0 Å². The molecule has 1 heterocycles. The molecule has 1 aliphatic heterocycles. The molecule has 5 nitrogen and oxygen atoms in total. The van der Waals surface area contributed by atoms with Crippen molar-refractivity contribution in [1.29, 1.82) is 0 Å². The Bertz CT molecular complexity index is 739. The monoisotopic (exact) mass is 368 g/mol. The maximum absolute atomic E-state index is 12.6. The zero-order valence-electron chi connectivity index (χ0n) is 16.1. The van der Waals surface area contributed by atoms with Gasteiger partial charge in [-0.3, -0.25) is 4.79 Å². The second-order valence-corrected chi connectivity index (χ2v) is 6.92. The molecule has 0 aromatic heterocycles. The van der Waals surface area contributed by atoms with Gasteiger partial charge < -0.3 is 19.7 Å². The third-order valence-corrected chi connectivity index (χ3v) is 5.01. The summed E-state index contributed by atoms with van der Waals surface area (Å²) in [5, 5.41) is 3.44. The second kappa shape index (κ2) is 9.42. The number of methoxy groups -OCH3 is 1. The molecule has 3 rings (SSSR count). The standard InChI is InChI=1S/C22H28N2O3/c1-24(13-14-27-21-7-3-6-20(15-21)26-2)22(25)18-10-8-17(9-11-18)19-5-4-12-23-16-19/h3,6-11,15,19,23H,4-5,12-14,16H2,1-2H3. The summed E-state index contributed by atoms with van der Waals surface area (Å²) in [7, 11) is 3.43. The van der Waals surface area contributed by atoms with Crippen LogP contribution in [0.25, 0.3) is 0 Å². The minimum atomic E-state index is 0.0116. The first kappa shape index (κ1) is 19.2. The van der Waals surface area contributed by atoms with E-state index in [9.17, 15) is 4.79 Å². The largest absolute Gasteiger partial charge is 0.497 e. The second-order valence-electron chi connectivity index (χ2n) is 6.92. The van der Waals surface area contributed by atoms with Crippen LogP contribution >= 0.6 is 0 Å². The number of hydrogen-bond acceptors (Lipinski definition) is 4. The average molecular weight is 368 g/mol. The summed E-state index contributed by atoms with van der Waals surface area (Å²) in [5.41, 5.74) is 2.02. The van der Waals surface area contributed by atoms with Crippen LogP contribution in [-0.4, -0.2) is 51.2 Å². The van der Waals surface area contributed by atoms with Crippen LogP contribution in [0.4, 0.5) is 0 Å². The van der Waals surface area contributed by atoms with Crippen LogP contribution in [0.3, 0.4) is 0 Å². The summed E-state index contributed by atoms with van der Waals surface area (Å²) in [5.74, 6) is 2.06. The highest BCUT2D eigenvalue weighted by atomic mass is 16.5. The van der Waals surface area contributed by atoms with E-state index >= 15 is 0 Å². The van der Waals surface area contributed by atoms with Crippen LogP contribution in [0.5, 0.6) is 11.5 Å². The van der Waals surface area contributed by atoms with Gasteiger partial charge in [-0.1, -0.05) is 18.2 Å². The first-order valence-electron chi connectivity index (χ1n) is 9.50. The first-order chi connectivity index (χ1) is 13.2. The van der Waals surface area contributed by atoms with Gasteiger partial charge in [0.25, 0.3) is 5.91 Å². The van der Waals surface area contributed by atoms with Crippen LogP contribution in [0.1, 0.15) is 34.7 Å². The lowest BCUT2D eigenvalue weighted by atomic mass is 9.91. The maximum atomic E-state index is 12.6. The van der Waals surface area contributed by atoms with E-state index in [0.717, 1.165) is 24.6 Å². The maximum Gasteiger partial charge on any atom is 0.253 e. The molecule has 1 fully saturated rings. The molecule has 2 aromatic carbocycles. The Morgan fingerprint density at radius 2 is 1.96 bits per heavy atom. The van der Waals surface area contributed by atoms with E-state index in [4.69, 9.17) is 9.47 Å². The van der Waals surface area contributed by atoms with E-state index in [1.54, 1.807) is 19.1 Å². The number of rotatable bonds is 7. The Morgan fingerprint density at radius 1 is 1.19 bits per heavy atom. The number of carbonyl (C=O) groups excluding carboxylic acids is 1. The number of ether oxygens (including phenoxy) is 2. The van der Waals surface area contributed by atoms with Crippen molar-refractivity contribution in [2.45, 2.75) is 18.8 Å². The Hall–Kier alpha value is -2.53. The fraction of sp³-hybridized carbons (Fsp3) is 0.409. The van der Waals surface area contributed by atoms with Crippen molar-refractivity contribution in [2.24, 2.45) is 0 Å². The molecule has 0 saturated carbocycles. The minimum absolute atomic E-state index is 0.0116. The summed E-state index contributed by atoms with van der Waals surface area (Å²) < 4.78 is 10.9. The number of hydrogen-bond donors (Lipinski definition) is 1. The molecule has 1 N–H and O–H groups in total. The smallest absolute Gasteiger partial charge is 0.253 e. The van der Waals surface area contributed by atoms with Crippen molar-refractivity contribution in [1.82, 2.24) is 10.2 Å². The highest BCUT2D eigenvalue weighted by Crippen LogP contribution is 2.23. The molecule has 0 bridgehead atoms.